The summed E-state index contributed by atoms with van der Waals surface area (Å²) >= 11 is 0. The largest absolute Gasteiger partial charge is 0.326 e. The number of hydrogen-bond acceptors (Lipinski definition) is 3. The van der Waals surface area contributed by atoms with Crippen LogP contribution in [0, 0.1) is 5.92 Å². The number of amides is 2. The lowest BCUT2D eigenvalue weighted by molar-refractivity contribution is -0.117. The Hall–Kier alpha value is -2.66. The number of carbonyl (C=O) groups excluding carboxylic acids is 2. The van der Waals surface area contributed by atoms with Gasteiger partial charge in [0.2, 0.25) is 5.91 Å². The van der Waals surface area contributed by atoms with Crippen LogP contribution in [-0.4, -0.2) is 18.4 Å². The van der Waals surface area contributed by atoms with Gasteiger partial charge in [-0.15, -0.1) is 0 Å². The first-order valence-corrected chi connectivity index (χ1v) is 8.67. The second kappa shape index (κ2) is 7.94. The van der Waals surface area contributed by atoms with Crippen molar-refractivity contribution in [3.8, 4) is 0 Å². The molecule has 1 aliphatic carbocycles. The summed E-state index contributed by atoms with van der Waals surface area (Å²) in [6.45, 7) is 3.73. The fraction of sp³-hybridized carbons (Fsp3) is 0.300. The van der Waals surface area contributed by atoms with Gasteiger partial charge in [-0.3, -0.25) is 9.59 Å². The van der Waals surface area contributed by atoms with Gasteiger partial charge in [-0.05, 0) is 61.3 Å². The molecule has 0 atom stereocenters. The van der Waals surface area contributed by atoms with Gasteiger partial charge >= 0.3 is 0 Å². The molecule has 5 heteroatoms. The van der Waals surface area contributed by atoms with E-state index in [4.69, 9.17) is 0 Å². The van der Waals surface area contributed by atoms with Crippen LogP contribution in [0.3, 0.4) is 0 Å². The molecule has 1 saturated carbocycles. The Bertz CT molecular complexity index is 752. The maximum absolute atomic E-state index is 12.4. The second-order valence-electron chi connectivity index (χ2n) is 6.28. The Kier molecular flexibility index (Phi) is 5.46. The molecule has 3 N–H and O–H groups in total. The van der Waals surface area contributed by atoms with E-state index in [1.165, 1.54) is 0 Å². The quantitative estimate of drug-likeness (QED) is 0.725. The number of hydrogen-bond donors (Lipinski definition) is 3. The standard InChI is InChI=1S/C20H23N3O2/c1-2-21-13-14-4-3-5-18(12-14)23-20(25)16-8-10-17(11-9-16)22-19(24)15-6-7-15/h3-5,8-12,15,21H,2,6-7,13H2,1H3,(H,22,24)(H,23,25). The highest BCUT2D eigenvalue weighted by molar-refractivity contribution is 6.04. The van der Waals surface area contributed by atoms with Crippen LogP contribution in [0.2, 0.25) is 0 Å². The van der Waals surface area contributed by atoms with E-state index >= 15 is 0 Å². The van der Waals surface area contributed by atoms with E-state index in [0.29, 0.717) is 5.56 Å². The van der Waals surface area contributed by atoms with Gasteiger partial charge in [-0.25, -0.2) is 0 Å². The van der Waals surface area contributed by atoms with Crippen molar-refractivity contribution in [1.29, 1.82) is 0 Å². The first-order valence-electron chi connectivity index (χ1n) is 8.67. The SMILES string of the molecule is CCNCc1cccc(NC(=O)c2ccc(NC(=O)C3CC3)cc2)c1. The third-order valence-electron chi connectivity index (χ3n) is 4.13. The summed E-state index contributed by atoms with van der Waals surface area (Å²) in [5.41, 5.74) is 3.17. The minimum atomic E-state index is -0.166. The lowest BCUT2D eigenvalue weighted by atomic mass is 10.1. The average molecular weight is 337 g/mol. The molecule has 3 rings (SSSR count). The van der Waals surface area contributed by atoms with Crippen LogP contribution in [0.4, 0.5) is 11.4 Å². The molecule has 1 fully saturated rings. The molecule has 2 amide bonds. The molecule has 5 nitrogen and oxygen atoms in total. The van der Waals surface area contributed by atoms with E-state index < -0.39 is 0 Å². The van der Waals surface area contributed by atoms with Gasteiger partial charge in [0, 0.05) is 29.4 Å². The van der Waals surface area contributed by atoms with Crippen LogP contribution in [0.15, 0.2) is 48.5 Å². The van der Waals surface area contributed by atoms with Crippen molar-refractivity contribution in [1.82, 2.24) is 5.32 Å². The van der Waals surface area contributed by atoms with Crippen LogP contribution in [0.5, 0.6) is 0 Å². The van der Waals surface area contributed by atoms with Crippen molar-refractivity contribution in [2.24, 2.45) is 5.92 Å². The molecule has 0 bridgehead atoms. The summed E-state index contributed by atoms with van der Waals surface area (Å²) in [7, 11) is 0. The first kappa shape index (κ1) is 17.2. The van der Waals surface area contributed by atoms with Gasteiger partial charge in [-0.2, -0.15) is 0 Å². The molecule has 0 aliphatic heterocycles. The minimum absolute atomic E-state index is 0.0645. The van der Waals surface area contributed by atoms with Crippen molar-refractivity contribution in [3.05, 3.63) is 59.7 Å². The van der Waals surface area contributed by atoms with Crippen LogP contribution < -0.4 is 16.0 Å². The van der Waals surface area contributed by atoms with Crippen LogP contribution in [-0.2, 0) is 11.3 Å². The fourth-order valence-electron chi connectivity index (χ4n) is 2.53. The monoisotopic (exact) mass is 337 g/mol. The Balaban J connectivity index is 1.59. The molecule has 0 aromatic heterocycles. The van der Waals surface area contributed by atoms with Gasteiger partial charge in [0.15, 0.2) is 0 Å². The van der Waals surface area contributed by atoms with Crippen molar-refractivity contribution >= 4 is 23.2 Å². The van der Waals surface area contributed by atoms with E-state index in [-0.39, 0.29) is 17.7 Å². The molecule has 0 unspecified atom stereocenters. The highest BCUT2D eigenvalue weighted by Gasteiger charge is 2.29. The van der Waals surface area contributed by atoms with Gasteiger partial charge in [0.05, 0.1) is 0 Å². The summed E-state index contributed by atoms with van der Waals surface area (Å²) in [4.78, 5) is 24.1. The average Bonchev–Trinajstić information content (AvgIpc) is 3.46. The van der Waals surface area contributed by atoms with Gasteiger partial charge in [-0.1, -0.05) is 19.1 Å². The highest BCUT2D eigenvalue weighted by atomic mass is 16.2. The first-order chi connectivity index (χ1) is 12.2. The number of anilines is 2. The maximum atomic E-state index is 12.4. The molecular weight excluding hydrogens is 314 g/mol. The van der Waals surface area contributed by atoms with Crippen LogP contribution in [0.1, 0.15) is 35.7 Å². The molecule has 0 spiro atoms. The lowest BCUT2D eigenvalue weighted by Crippen LogP contribution is -2.15. The molecule has 0 radical (unpaired) electrons. The van der Waals surface area contributed by atoms with E-state index in [1.54, 1.807) is 24.3 Å². The third-order valence-corrected chi connectivity index (χ3v) is 4.13. The predicted octanol–water partition coefficient (Wildman–Crippen LogP) is 3.40. The molecule has 130 valence electrons. The maximum Gasteiger partial charge on any atom is 0.255 e. The molecule has 25 heavy (non-hydrogen) atoms. The summed E-state index contributed by atoms with van der Waals surface area (Å²) < 4.78 is 0. The summed E-state index contributed by atoms with van der Waals surface area (Å²) in [5.74, 6) is 0.0628. The number of nitrogens with one attached hydrogen (secondary N) is 3. The van der Waals surface area contributed by atoms with Crippen molar-refractivity contribution in [2.45, 2.75) is 26.3 Å². The predicted molar refractivity (Wildman–Crippen MR) is 99.6 cm³/mol. The second-order valence-corrected chi connectivity index (χ2v) is 6.28. The topological polar surface area (TPSA) is 70.2 Å². The van der Waals surface area contributed by atoms with E-state index in [2.05, 4.69) is 22.9 Å². The van der Waals surface area contributed by atoms with Gasteiger partial charge in [0.1, 0.15) is 0 Å². The summed E-state index contributed by atoms with van der Waals surface area (Å²) in [6.07, 6.45) is 1.94. The fourth-order valence-corrected chi connectivity index (χ4v) is 2.53. The zero-order valence-electron chi connectivity index (χ0n) is 14.3. The zero-order chi connectivity index (χ0) is 17.6. The zero-order valence-corrected chi connectivity index (χ0v) is 14.3. The van der Waals surface area contributed by atoms with E-state index in [9.17, 15) is 9.59 Å². The Morgan fingerprint density at radius 1 is 1.00 bits per heavy atom. The Morgan fingerprint density at radius 2 is 1.76 bits per heavy atom. The molecule has 1 aliphatic rings. The molecule has 0 heterocycles. The molecular formula is C20H23N3O2. The Morgan fingerprint density at radius 3 is 2.44 bits per heavy atom. The van der Waals surface area contributed by atoms with Crippen molar-refractivity contribution in [2.75, 3.05) is 17.2 Å². The van der Waals surface area contributed by atoms with E-state index in [0.717, 1.165) is 42.9 Å². The number of benzene rings is 2. The summed E-state index contributed by atoms with van der Waals surface area (Å²) in [5, 5.41) is 9.04. The van der Waals surface area contributed by atoms with Gasteiger partial charge < -0.3 is 16.0 Å². The molecule has 2 aromatic carbocycles. The third kappa shape index (κ3) is 4.90. The molecule has 2 aromatic rings. The minimum Gasteiger partial charge on any atom is -0.326 e. The number of carbonyl (C=O) groups is 2. The van der Waals surface area contributed by atoms with Crippen molar-refractivity contribution < 1.29 is 9.59 Å². The van der Waals surface area contributed by atoms with Crippen LogP contribution >= 0.6 is 0 Å². The van der Waals surface area contributed by atoms with Gasteiger partial charge in [0.25, 0.3) is 5.91 Å². The molecule has 0 saturated heterocycles. The highest BCUT2D eigenvalue weighted by Crippen LogP contribution is 2.30. The van der Waals surface area contributed by atoms with E-state index in [1.807, 2.05) is 24.3 Å². The summed E-state index contributed by atoms with van der Waals surface area (Å²) in [6, 6.07) is 14.8. The Labute approximate surface area is 147 Å². The normalized spacial score (nSPS) is 13.3. The number of rotatable bonds is 7. The van der Waals surface area contributed by atoms with Crippen molar-refractivity contribution in [3.63, 3.8) is 0 Å². The van der Waals surface area contributed by atoms with Crippen LogP contribution in [0.25, 0.3) is 0 Å². The smallest absolute Gasteiger partial charge is 0.255 e. The lowest BCUT2D eigenvalue weighted by Gasteiger charge is -2.09.